The molecule has 7 heteroatoms. The van der Waals surface area contributed by atoms with Crippen LogP contribution in [0.15, 0.2) is 12.3 Å². The Hall–Kier alpha value is -2.15. The summed E-state index contributed by atoms with van der Waals surface area (Å²) in [5.41, 5.74) is 11.6. The number of nitrogen functional groups attached to an aromatic ring is 1. The number of anilines is 2. The lowest BCUT2D eigenvalue weighted by atomic mass is 10.2. The van der Waals surface area contributed by atoms with E-state index >= 15 is 0 Å². The Labute approximate surface area is 85.1 Å². The Morgan fingerprint density at radius 1 is 1.53 bits per heavy atom. The summed E-state index contributed by atoms with van der Waals surface area (Å²) in [5.74, 6) is -2.45. The number of carbonyl (C=O) groups excluding carboxylic acids is 1. The highest BCUT2D eigenvalue weighted by Gasteiger charge is 2.11. The number of pyridine rings is 1. The molecule has 15 heavy (non-hydrogen) atoms. The first-order chi connectivity index (χ1) is 7.04. The normalized spacial score (nSPS) is 9.67. The van der Waals surface area contributed by atoms with E-state index in [0.29, 0.717) is 5.56 Å². The summed E-state index contributed by atoms with van der Waals surface area (Å²) in [6.07, 6.45) is 1.26. The first kappa shape index (κ1) is 10.9. The molecule has 0 bridgehead atoms. The molecule has 1 rings (SSSR count). The SMILES string of the molecule is NCc1cc(NC(=O)C(=O)O)cnc1N. The van der Waals surface area contributed by atoms with Crippen LogP contribution in [0.3, 0.4) is 0 Å². The van der Waals surface area contributed by atoms with Crippen LogP contribution in [0.1, 0.15) is 5.56 Å². The van der Waals surface area contributed by atoms with Gasteiger partial charge >= 0.3 is 11.9 Å². The van der Waals surface area contributed by atoms with E-state index in [0.717, 1.165) is 0 Å². The van der Waals surface area contributed by atoms with Crippen molar-refractivity contribution in [2.24, 2.45) is 5.73 Å². The predicted octanol–water partition coefficient (Wildman–Crippen LogP) is -0.854. The third-order valence-corrected chi connectivity index (χ3v) is 1.67. The molecule has 0 spiro atoms. The number of hydrogen-bond donors (Lipinski definition) is 4. The van der Waals surface area contributed by atoms with Crippen molar-refractivity contribution in [3.05, 3.63) is 17.8 Å². The Morgan fingerprint density at radius 2 is 2.20 bits per heavy atom. The van der Waals surface area contributed by atoms with Crippen LogP contribution in [0.25, 0.3) is 0 Å². The monoisotopic (exact) mass is 210 g/mol. The second-order valence-electron chi connectivity index (χ2n) is 2.73. The highest BCUT2D eigenvalue weighted by molar-refractivity contribution is 6.36. The maximum Gasteiger partial charge on any atom is 0.394 e. The minimum Gasteiger partial charge on any atom is -0.474 e. The fourth-order valence-corrected chi connectivity index (χ4v) is 0.937. The largest absolute Gasteiger partial charge is 0.474 e. The quantitative estimate of drug-likeness (QED) is 0.470. The van der Waals surface area contributed by atoms with Gasteiger partial charge in [0.15, 0.2) is 0 Å². The average Bonchev–Trinajstić information content (AvgIpc) is 2.20. The number of amides is 1. The van der Waals surface area contributed by atoms with E-state index in [1.54, 1.807) is 0 Å². The summed E-state index contributed by atoms with van der Waals surface area (Å²) in [6, 6.07) is 1.48. The number of rotatable bonds is 2. The van der Waals surface area contributed by atoms with Gasteiger partial charge in [0.1, 0.15) is 5.82 Å². The number of carboxylic acids is 1. The highest BCUT2D eigenvalue weighted by Crippen LogP contribution is 2.13. The first-order valence-electron chi connectivity index (χ1n) is 4.03. The molecule has 6 N–H and O–H groups in total. The van der Waals surface area contributed by atoms with Crippen LogP contribution < -0.4 is 16.8 Å². The lowest BCUT2D eigenvalue weighted by Gasteiger charge is -2.05. The Kier molecular flexibility index (Phi) is 3.19. The van der Waals surface area contributed by atoms with Gasteiger partial charge in [0.25, 0.3) is 0 Å². The van der Waals surface area contributed by atoms with Crippen LogP contribution >= 0.6 is 0 Å². The Bertz CT molecular complexity index is 405. The van der Waals surface area contributed by atoms with Crippen molar-refractivity contribution in [1.29, 1.82) is 0 Å². The summed E-state index contributed by atoms with van der Waals surface area (Å²) >= 11 is 0. The number of nitrogens with one attached hydrogen (secondary N) is 1. The van der Waals surface area contributed by atoms with E-state index in [1.165, 1.54) is 12.3 Å². The van der Waals surface area contributed by atoms with Gasteiger partial charge in [-0.3, -0.25) is 4.79 Å². The summed E-state index contributed by atoms with van der Waals surface area (Å²) < 4.78 is 0. The summed E-state index contributed by atoms with van der Waals surface area (Å²) in [5, 5.41) is 10.5. The van der Waals surface area contributed by atoms with E-state index in [2.05, 4.69) is 10.3 Å². The number of carboxylic acid groups (broad SMARTS) is 1. The number of hydrogen-bond acceptors (Lipinski definition) is 5. The lowest BCUT2D eigenvalue weighted by molar-refractivity contribution is -0.147. The van der Waals surface area contributed by atoms with Gasteiger partial charge in [-0.1, -0.05) is 0 Å². The minimum atomic E-state index is -1.57. The van der Waals surface area contributed by atoms with Gasteiger partial charge in [-0.2, -0.15) is 0 Å². The molecule has 0 fully saturated rings. The molecule has 0 aliphatic rings. The van der Waals surface area contributed by atoms with Crippen LogP contribution in [0.5, 0.6) is 0 Å². The van der Waals surface area contributed by atoms with Crippen LogP contribution in [0, 0.1) is 0 Å². The van der Waals surface area contributed by atoms with Crippen molar-refractivity contribution >= 4 is 23.4 Å². The van der Waals surface area contributed by atoms with Crippen molar-refractivity contribution in [1.82, 2.24) is 4.98 Å². The molecule has 1 heterocycles. The second-order valence-corrected chi connectivity index (χ2v) is 2.73. The van der Waals surface area contributed by atoms with Gasteiger partial charge in [-0.15, -0.1) is 0 Å². The van der Waals surface area contributed by atoms with Gasteiger partial charge < -0.3 is 21.9 Å². The lowest BCUT2D eigenvalue weighted by Crippen LogP contribution is -2.22. The zero-order chi connectivity index (χ0) is 11.4. The second kappa shape index (κ2) is 4.38. The number of carbonyl (C=O) groups is 2. The van der Waals surface area contributed by atoms with Crippen molar-refractivity contribution in [3.63, 3.8) is 0 Å². The highest BCUT2D eigenvalue weighted by atomic mass is 16.4. The molecule has 0 radical (unpaired) electrons. The van der Waals surface area contributed by atoms with Crippen LogP contribution in [0.2, 0.25) is 0 Å². The first-order valence-corrected chi connectivity index (χ1v) is 4.03. The third kappa shape index (κ3) is 2.64. The van der Waals surface area contributed by atoms with E-state index in [4.69, 9.17) is 16.6 Å². The summed E-state index contributed by atoms with van der Waals surface area (Å²) in [7, 11) is 0. The van der Waals surface area contributed by atoms with Crippen LogP contribution in [-0.4, -0.2) is 22.0 Å². The molecular weight excluding hydrogens is 200 g/mol. The zero-order valence-electron chi connectivity index (χ0n) is 7.73. The smallest absolute Gasteiger partial charge is 0.394 e. The van der Waals surface area contributed by atoms with Crippen LogP contribution in [-0.2, 0) is 16.1 Å². The van der Waals surface area contributed by atoms with Gasteiger partial charge in [-0.05, 0) is 6.07 Å². The Morgan fingerprint density at radius 3 is 2.73 bits per heavy atom. The molecule has 0 aliphatic heterocycles. The van der Waals surface area contributed by atoms with Gasteiger partial charge in [0, 0.05) is 12.1 Å². The van der Waals surface area contributed by atoms with Crippen molar-refractivity contribution in [2.45, 2.75) is 6.54 Å². The van der Waals surface area contributed by atoms with Gasteiger partial charge in [0.05, 0.1) is 11.9 Å². The molecule has 1 aromatic heterocycles. The zero-order valence-corrected chi connectivity index (χ0v) is 7.73. The van der Waals surface area contributed by atoms with Crippen molar-refractivity contribution < 1.29 is 14.7 Å². The van der Waals surface area contributed by atoms with E-state index in [1.807, 2.05) is 0 Å². The minimum absolute atomic E-state index is 0.162. The Balaban J connectivity index is 2.87. The molecule has 1 amide bonds. The van der Waals surface area contributed by atoms with E-state index < -0.39 is 11.9 Å². The summed E-state index contributed by atoms with van der Waals surface area (Å²) in [6.45, 7) is 0.162. The standard InChI is InChI=1S/C8H10N4O3/c9-2-4-1-5(3-11-6(4)10)12-7(13)8(14)15/h1,3H,2,9H2,(H2,10,11)(H,12,13)(H,14,15). The predicted molar refractivity (Wildman–Crippen MR) is 52.8 cm³/mol. The van der Waals surface area contributed by atoms with Gasteiger partial charge in [0.2, 0.25) is 0 Å². The molecule has 0 atom stereocenters. The van der Waals surface area contributed by atoms with Crippen LogP contribution in [0.4, 0.5) is 11.5 Å². The molecule has 0 unspecified atom stereocenters. The fraction of sp³-hybridized carbons (Fsp3) is 0.125. The number of aromatic nitrogens is 1. The van der Waals surface area contributed by atoms with Gasteiger partial charge in [-0.25, -0.2) is 9.78 Å². The molecule has 7 nitrogen and oxygen atoms in total. The summed E-state index contributed by atoms with van der Waals surface area (Å²) in [4.78, 5) is 24.8. The van der Waals surface area contributed by atoms with E-state index in [9.17, 15) is 9.59 Å². The maximum atomic E-state index is 10.8. The average molecular weight is 210 g/mol. The fourth-order valence-electron chi connectivity index (χ4n) is 0.937. The van der Waals surface area contributed by atoms with Crippen molar-refractivity contribution in [3.8, 4) is 0 Å². The molecule has 0 aromatic carbocycles. The number of nitrogens with zero attached hydrogens (tertiary/aromatic N) is 1. The third-order valence-electron chi connectivity index (χ3n) is 1.67. The maximum absolute atomic E-state index is 10.8. The number of nitrogens with two attached hydrogens (primary N) is 2. The van der Waals surface area contributed by atoms with Crippen molar-refractivity contribution in [2.75, 3.05) is 11.1 Å². The molecule has 0 saturated carbocycles. The molecular formula is C8H10N4O3. The molecule has 1 aromatic rings. The molecule has 0 aliphatic carbocycles. The molecule has 80 valence electrons. The molecule has 0 saturated heterocycles. The number of aliphatic carboxylic acids is 1. The topological polar surface area (TPSA) is 131 Å². The van der Waals surface area contributed by atoms with E-state index in [-0.39, 0.29) is 18.1 Å².